The molecule has 4 rings (SSSR count). The number of amides is 1. The first-order valence-electron chi connectivity index (χ1n) is 8.35. The van der Waals surface area contributed by atoms with Crippen LogP contribution in [0.4, 0.5) is 4.39 Å². The van der Waals surface area contributed by atoms with E-state index in [9.17, 15) is 9.18 Å². The molecule has 2 atom stereocenters. The van der Waals surface area contributed by atoms with Crippen LogP contribution < -0.4 is 5.32 Å². The normalized spacial score (nSPS) is 24.2. The minimum Gasteiger partial charge on any atom is -0.360 e. The Hall–Kier alpha value is -2.21. The van der Waals surface area contributed by atoms with Crippen LogP contribution in [0.25, 0.3) is 0 Å². The number of hydrogen-bond acceptors (Lipinski definition) is 4. The fourth-order valence-electron chi connectivity index (χ4n) is 3.44. The van der Waals surface area contributed by atoms with Crippen molar-refractivity contribution < 1.29 is 13.7 Å². The van der Waals surface area contributed by atoms with Crippen molar-refractivity contribution in [1.29, 1.82) is 0 Å². The van der Waals surface area contributed by atoms with Gasteiger partial charge in [-0.25, -0.2) is 4.39 Å². The molecule has 1 aromatic carbocycles. The summed E-state index contributed by atoms with van der Waals surface area (Å²) >= 11 is 0. The molecule has 0 radical (unpaired) electrons. The maximum Gasteiger partial charge on any atom is 0.273 e. The third-order valence-electron chi connectivity index (χ3n) is 4.92. The van der Waals surface area contributed by atoms with Gasteiger partial charge >= 0.3 is 0 Å². The van der Waals surface area contributed by atoms with Gasteiger partial charge in [-0.2, -0.15) is 0 Å². The van der Waals surface area contributed by atoms with E-state index in [4.69, 9.17) is 4.52 Å². The van der Waals surface area contributed by atoms with E-state index in [1.807, 2.05) is 7.05 Å². The first-order chi connectivity index (χ1) is 11.6. The number of aromatic nitrogens is 1. The number of hydrogen-bond donors (Lipinski definition) is 1. The summed E-state index contributed by atoms with van der Waals surface area (Å²) in [5.41, 5.74) is 1.34. The highest BCUT2D eigenvalue weighted by Gasteiger charge is 2.35. The second-order valence-electron chi connectivity index (χ2n) is 6.73. The van der Waals surface area contributed by atoms with Crippen molar-refractivity contribution in [2.24, 2.45) is 0 Å². The highest BCUT2D eigenvalue weighted by atomic mass is 19.1. The van der Waals surface area contributed by atoms with E-state index in [0.717, 1.165) is 37.1 Å². The smallest absolute Gasteiger partial charge is 0.273 e. The number of halogens is 1. The summed E-state index contributed by atoms with van der Waals surface area (Å²) in [6.07, 6.45) is 3.06. The first-order valence-corrected chi connectivity index (χ1v) is 8.35. The zero-order valence-corrected chi connectivity index (χ0v) is 13.5. The number of likely N-dealkylation sites (N-methyl/N-ethyl adjacent to an activating group) is 1. The van der Waals surface area contributed by atoms with E-state index in [2.05, 4.69) is 15.4 Å². The van der Waals surface area contributed by atoms with Gasteiger partial charge in [-0.05, 0) is 44.0 Å². The Morgan fingerprint density at radius 1 is 1.29 bits per heavy atom. The number of carbonyl (C=O) groups excluding carboxylic acids is 1. The molecule has 5 nitrogen and oxygen atoms in total. The number of carbonyl (C=O) groups is 1. The van der Waals surface area contributed by atoms with E-state index in [0.29, 0.717) is 11.6 Å². The average Bonchev–Trinajstić information content (AvgIpc) is 3.19. The lowest BCUT2D eigenvalue weighted by atomic mass is 10.00. The van der Waals surface area contributed by atoms with Gasteiger partial charge in [-0.15, -0.1) is 0 Å². The maximum absolute atomic E-state index is 13.2. The fourth-order valence-corrected chi connectivity index (χ4v) is 3.44. The van der Waals surface area contributed by atoms with Gasteiger partial charge < -0.3 is 9.84 Å². The molecule has 24 heavy (non-hydrogen) atoms. The average molecular weight is 329 g/mol. The SMILES string of the molecule is CN1CC[C@H](NC(=O)c2cc(C3CC3)on2)[C@H]1c1ccc(F)cc1. The number of nitrogens with one attached hydrogen (secondary N) is 1. The van der Waals surface area contributed by atoms with Crippen molar-refractivity contribution in [2.45, 2.75) is 37.3 Å². The van der Waals surface area contributed by atoms with Crippen molar-refractivity contribution in [3.05, 3.63) is 53.2 Å². The predicted octanol–water partition coefficient (Wildman–Crippen LogP) is 2.87. The Morgan fingerprint density at radius 2 is 2.04 bits per heavy atom. The summed E-state index contributed by atoms with van der Waals surface area (Å²) in [6, 6.07) is 8.22. The topological polar surface area (TPSA) is 58.4 Å². The molecule has 2 fully saturated rings. The summed E-state index contributed by atoms with van der Waals surface area (Å²) in [5, 5.41) is 6.96. The Kier molecular flexibility index (Phi) is 3.84. The van der Waals surface area contributed by atoms with Crippen molar-refractivity contribution in [2.75, 3.05) is 13.6 Å². The summed E-state index contributed by atoms with van der Waals surface area (Å²) in [5.74, 6) is 0.774. The van der Waals surface area contributed by atoms with Crippen molar-refractivity contribution in [3.8, 4) is 0 Å². The summed E-state index contributed by atoms with van der Waals surface area (Å²) in [4.78, 5) is 14.7. The molecule has 1 aromatic heterocycles. The molecule has 2 heterocycles. The lowest BCUT2D eigenvalue weighted by Crippen LogP contribution is -2.39. The first kappa shape index (κ1) is 15.3. The molecule has 126 valence electrons. The van der Waals surface area contributed by atoms with Gasteiger partial charge in [0.05, 0.1) is 12.1 Å². The van der Waals surface area contributed by atoms with Gasteiger partial charge in [-0.1, -0.05) is 17.3 Å². The number of benzene rings is 1. The molecule has 1 N–H and O–H groups in total. The third kappa shape index (κ3) is 2.94. The van der Waals surface area contributed by atoms with Gasteiger partial charge in [0, 0.05) is 18.5 Å². The molecule has 2 aromatic rings. The zero-order valence-electron chi connectivity index (χ0n) is 13.5. The Labute approximate surface area is 139 Å². The van der Waals surface area contributed by atoms with Crippen LogP contribution in [0.3, 0.4) is 0 Å². The molecule has 0 spiro atoms. The maximum atomic E-state index is 13.2. The van der Waals surface area contributed by atoms with E-state index in [1.54, 1.807) is 18.2 Å². The molecule has 2 aliphatic rings. The van der Waals surface area contributed by atoms with Crippen molar-refractivity contribution in [1.82, 2.24) is 15.4 Å². The van der Waals surface area contributed by atoms with Gasteiger partial charge in [0.15, 0.2) is 5.69 Å². The minimum absolute atomic E-state index is 0.0318. The molecule has 1 saturated heterocycles. The highest BCUT2D eigenvalue weighted by Crippen LogP contribution is 2.40. The van der Waals surface area contributed by atoms with Crippen LogP contribution in [0, 0.1) is 5.82 Å². The third-order valence-corrected chi connectivity index (χ3v) is 4.92. The Balaban J connectivity index is 1.49. The monoisotopic (exact) mass is 329 g/mol. The van der Waals surface area contributed by atoms with E-state index in [1.165, 1.54) is 12.1 Å². The highest BCUT2D eigenvalue weighted by molar-refractivity contribution is 5.92. The zero-order chi connectivity index (χ0) is 16.7. The molecule has 0 bridgehead atoms. The van der Waals surface area contributed by atoms with Gasteiger partial charge in [0.25, 0.3) is 5.91 Å². The van der Waals surface area contributed by atoms with Crippen molar-refractivity contribution in [3.63, 3.8) is 0 Å². The molecular weight excluding hydrogens is 309 g/mol. The van der Waals surface area contributed by atoms with Crippen LogP contribution in [-0.2, 0) is 0 Å². The van der Waals surface area contributed by atoms with E-state index in [-0.39, 0.29) is 23.8 Å². The molecule has 6 heteroatoms. The summed E-state index contributed by atoms with van der Waals surface area (Å²) in [6.45, 7) is 0.874. The van der Waals surface area contributed by atoms with Crippen LogP contribution in [0.15, 0.2) is 34.9 Å². The number of rotatable bonds is 4. The number of nitrogens with zero attached hydrogens (tertiary/aromatic N) is 2. The van der Waals surface area contributed by atoms with Gasteiger partial charge in [0.2, 0.25) is 0 Å². The lowest BCUT2D eigenvalue weighted by Gasteiger charge is -2.26. The van der Waals surface area contributed by atoms with Crippen LogP contribution in [0.5, 0.6) is 0 Å². The molecule has 1 aliphatic heterocycles. The molecule has 1 aliphatic carbocycles. The largest absolute Gasteiger partial charge is 0.360 e. The second-order valence-corrected chi connectivity index (χ2v) is 6.73. The molecule has 1 amide bonds. The van der Waals surface area contributed by atoms with Gasteiger partial charge in [-0.3, -0.25) is 9.69 Å². The predicted molar refractivity (Wildman–Crippen MR) is 86.1 cm³/mol. The van der Waals surface area contributed by atoms with Crippen LogP contribution >= 0.6 is 0 Å². The Bertz CT molecular complexity index is 739. The van der Waals surface area contributed by atoms with Crippen LogP contribution in [0.2, 0.25) is 0 Å². The van der Waals surface area contributed by atoms with Gasteiger partial charge in [0.1, 0.15) is 11.6 Å². The van der Waals surface area contributed by atoms with Crippen molar-refractivity contribution >= 4 is 5.91 Å². The second kappa shape index (κ2) is 6.02. The Morgan fingerprint density at radius 3 is 2.75 bits per heavy atom. The molecular formula is C18H20FN3O2. The van der Waals surface area contributed by atoms with E-state index < -0.39 is 0 Å². The standard InChI is InChI=1S/C18H20FN3O2/c1-22-9-8-14(17(22)12-4-6-13(19)7-5-12)20-18(23)15-10-16(24-21-15)11-2-3-11/h4-7,10-11,14,17H,2-3,8-9H2,1H3,(H,20,23)/t14-,17+/m0/s1. The lowest BCUT2D eigenvalue weighted by molar-refractivity contribution is 0.0918. The summed E-state index contributed by atoms with van der Waals surface area (Å²) < 4.78 is 18.4. The quantitative estimate of drug-likeness (QED) is 0.937. The van der Waals surface area contributed by atoms with Crippen LogP contribution in [0.1, 0.15) is 53.0 Å². The number of likely N-dealkylation sites (tertiary alicyclic amines) is 1. The molecule has 0 unspecified atom stereocenters. The fraction of sp³-hybridized carbons (Fsp3) is 0.444. The summed E-state index contributed by atoms with van der Waals surface area (Å²) in [7, 11) is 2.02. The molecule has 1 saturated carbocycles. The van der Waals surface area contributed by atoms with E-state index >= 15 is 0 Å². The minimum atomic E-state index is -0.254. The van der Waals surface area contributed by atoms with Crippen LogP contribution in [-0.4, -0.2) is 35.6 Å².